The number of carbonyl (C=O) groups excluding carboxylic acids is 1. The molecule has 0 aliphatic rings. The van der Waals surface area contributed by atoms with Gasteiger partial charge in [-0.1, -0.05) is 0 Å². The number of nitrogens with zero attached hydrogens (tertiary/aromatic N) is 1. The molecule has 22 heavy (non-hydrogen) atoms. The van der Waals surface area contributed by atoms with Crippen LogP contribution in [0.1, 0.15) is 22.2 Å². The molecule has 8 nitrogen and oxygen atoms in total. The van der Waals surface area contributed by atoms with Gasteiger partial charge < -0.3 is 20.6 Å². The first-order valence-electron chi connectivity index (χ1n) is 6.13. The highest BCUT2D eigenvalue weighted by Gasteiger charge is 2.22. The monoisotopic (exact) mass is 309 g/mol. The molecule has 2 aromatic rings. The van der Waals surface area contributed by atoms with Crippen molar-refractivity contribution in [2.75, 3.05) is 12.3 Å². The molecule has 0 spiro atoms. The zero-order valence-electron chi connectivity index (χ0n) is 11.2. The van der Waals surface area contributed by atoms with Crippen molar-refractivity contribution >= 4 is 17.3 Å². The first kappa shape index (κ1) is 15.4. The van der Waals surface area contributed by atoms with Crippen LogP contribution in [0.2, 0.25) is 0 Å². The molecule has 0 saturated heterocycles. The fourth-order valence-electron chi connectivity index (χ4n) is 1.81. The predicted molar refractivity (Wildman–Crippen MR) is 73.5 cm³/mol. The normalized spacial score (nSPS) is 11.9. The largest absolute Gasteiger partial charge is 0.467 e. The predicted octanol–water partition coefficient (Wildman–Crippen LogP) is 1.37. The minimum Gasteiger partial charge on any atom is -0.467 e. The van der Waals surface area contributed by atoms with E-state index in [9.17, 15) is 24.4 Å². The molecule has 0 bridgehead atoms. The number of halogens is 1. The molecule has 1 aromatic heterocycles. The van der Waals surface area contributed by atoms with E-state index in [1.54, 1.807) is 6.07 Å². The Morgan fingerprint density at radius 3 is 2.86 bits per heavy atom. The lowest BCUT2D eigenvalue weighted by molar-refractivity contribution is -0.384. The van der Waals surface area contributed by atoms with Gasteiger partial charge in [0.1, 0.15) is 23.4 Å². The molecule has 0 aliphatic carbocycles. The number of aliphatic hydroxyl groups is 1. The van der Waals surface area contributed by atoms with Crippen molar-refractivity contribution in [3.8, 4) is 0 Å². The SMILES string of the molecule is Nc1c(C(=O)NCC(O)c2ccco2)cc(F)cc1[N+](=O)[O-]. The third-order valence-corrected chi connectivity index (χ3v) is 2.89. The number of nitro benzene ring substituents is 1. The number of nitrogens with one attached hydrogen (secondary N) is 1. The molecule has 1 heterocycles. The number of amides is 1. The van der Waals surface area contributed by atoms with Gasteiger partial charge in [-0.3, -0.25) is 14.9 Å². The summed E-state index contributed by atoms with van der Waals surface area (Å²) in [4.78, 5) is 21.8. The number of rotatable bonds is 5. The molecular weight excluding hydrogens is 297 g/mol. The highest BCUT2D eigenvalue weighted by atomic mass is 19.1. The van der Waals surface area contributed by atoms with Gasteiger partial charge in [0.25, 0.3) is 11.6 Å². The Morgan fingerprint density at radius 2 is 2.27 bits per heavy atom. The Balaban J connectivity index is 2.14. The van der Waals surface area contributed by atoms with E-state index >= 15 is 0 Å². The Morgan fingerprint density at radius 1 is 1.55 bits per heavy atom. The van der Waals surface area contributed by atoms with Crippen molar-refractivity contribution in [2.45, 2.75) is 6.10 Å². The number of anilines is 1. The molecular formula is C13H12FN3O5. The topological polar surface area (TPSA) is 132 Å². The van der Waals surface area contributed by atoms with E-state index in [-0.39, 0.29) is 17.9 Å². The maximum atomic E-state index is 13.3. The summed E-state index contributed by atoms with van der Waals surface area (Å²) in [5.74, 6) is -1.57. The lowest BCUT2D eigenvalue weighted by Gasteiger charge is -2.11. The van der Waals surface area contributed by atoms with Crippen molar-refractivity contribution in [3.05, 3.63) is 57.8 Å². The summed E-state index contributed by atoms with van der Waals surface area (Å²) in [6.07, 6.45) is 0.248. The quantitative estimate of drug-likeness (QED) is 0.434. The van der Waals surface area contributed by atoms with Crippen molar-refractivity contribution < 1.29 is 23.6 Å². The van der Waals surface area contributed by atoms with Crippen LogP contribution in [0.4, 0.5) is 15.8 Å². The van der Waals surface area contributed by atoms with E-state index < -0.39 is 34.1 Å². The number of hydrogen-bond acceptors (Lipinski definition) is 6. The summed E-state index contributed by atoms with van der Waals surface area (Å²) in [6.45, 7) is -0.226. The molecule has 0 radical (unpaired) electrons. The summed E-state index contributed by atoms with van der Waals surface area (Å²) < 4.78 is 18.3. The van der Waals surface area contributed by atoms with Gasteiger partial charge >= 0.3 is 0 Å². The van der Waals surface area contributed by atoms with Gasteiger partial charge in [-0.05, 0) is 18.2 Å². The summed E-state index contributed by atoms with van der Waals surface area (Å²) in [6, 6.07) is 4.49. The number of furan rings is 1. The van der Waals surface area contributed by atoms with Crippen LogP contribution < -0.4 is 11.1 Å². The van der Waals surface area contributed by atoms with E-state index in [0.717, 1.165) is 6.07 Å². The highest BCUT2D eigenvalue weighted by molar-refractivity contribution is 6.01. The number of nitro groups is 1. The summed E-state index contributed by atoms with van der Waals surface area (Å²) in [5.41, 5.74) is 3.98. The van der Waals surface area contributed by atoms with Crippen LogP contribution in [0.25, 0.3) is 0 Å². The molecule has 0 fully saturated rings. The molecule has 4 N–H and O–H groups in total. The van der Waals surface area contributed by atoms with Crippen molar-refractivity contribution in [1.29, 1.82) is 0 Å². The third-order valence-electron chi connectivity index (χ3n) is 2.89. The van der Waals surface area contributed by atoms with E-state index in [2.05, 4.69) is 5.32 Å². The van der Waals surface area contributed by atoms with E-state index in [1.165, 1.54) is 12.3 Å². The number of nitrogens with two attached hydrogens (primary N) is 1. The fourth-order valence-corrected chi connectivity index (χ4v) is 1.81. The minimum atomic E-state index is -1.11. The molecule has 1 atom stereocenters. The molecule has 0 aliphatic heterocycles. The van der Waals surface area contributed by atoms with Crippen LogP contribution in [0.15, 0.2) is 34.9 Å². The third kappa shape index (κ3) is 3.20. The molecule has 2 rings (SSSR count). The summed E-state index contributed by atoms with van der Waals surface area (Å²) >= 11 is 0. The number of nitrogen functional groups attached to an aromatic ring is 1. The number of aliphatic hydroxyl groups excluding tert-OH is 1. The second-order valence-corrected chi connectivity index (χ2v) is 4.38. The van der Waals surface area contributed by atoms with Gasteiger partial charge in [0.05, 0.1) is 29.4 Å². The lowest BCUT2D eigenvalue weighted by Crippen LogP contribution is -2.29. The van der Waals surface area contributed by atoms with Gasteiger partial charge in [-0.15, -0.1) is 0 Å². The lowest BCUT2D eigenvalue weighted by atomic mass is 10.1. The standard InChI is InChI=1S/C13H12FN3O5/c14-7-4-8(12(15)9(5-7)17(20)21)13(19)16-6-10(18)11-2-1-3-22-11/h1-5,10,18H,6,15H2,(H,16,19). The van der Waals surface area contributed by atoms with Crippen molar-refractivity contribution in [1.82, 2.24) is 5.32 Å². The van der Waals surface area contributed by atoms with Crippen LogP contribution >= 0.6 is 0 Å². The molecule has 116 valence electrons. The fraction of sp³-hybridized carbons (Fsp3) is 0.154. The summed E-state index contributed by atoms with van der Waals surface area (Å²) in [7, 11) is 0. The first-order valence-corrected chi connectivity index (χ1v) is 6.13. The first-order chi connectivity index (χ1) is 10.4. The van der Waals surface area contributed by atoms with Crippen LogP contribution in [-0.4, -0.2) is 22.5 Å². The number of hydrogen-bond donors (Lipinski definition) is 3. The zero-order chi connectivity index (χ0) is 16.3. The second kappa shape index (κ2) is 6.22. The zero-order valence-corrected chi connectivity index (χ0v) is 11.2. The number of benzene rings is 1. The van der Waals surface area contributed by atoms with E-state index in [1.807, 2.05) is 0 Å². The number of carbonyl (C=O) groups is 1. The Kier molecular flexibility index (Phi) is 4.37. The smallest absolute Gasteiger partial charge is 0.295 e. The average molecular weight is 309 g/mol. The van der Waals surface area contributed by atoms with Gasteiger partial charge in [-0.25, -0.2) is 4.39 Å². The Hall–Kier alpha value is -2.94. The van der Waals surface area contributed by atoms with Crippen molar-refractivity contribution in [3.63, 3.8) is 0 Å². The van der Waals surface area contributed by atoms with E-state index in [0.29, 0.717) is 6.07 Å². The molecule has 1 aromatic carbocycles. The minimum absolute atomic E-state index is 0.226. The van der Waals surface area contributed by atoms with Gasteiger partial charge in [-0.2, -0.15) is 0 Å². The van der Waals surface area contributed by atoms with Gasteiger partial charge in [0.15, 0.2) is 0 Å². The molecule has 1 amide bonds. The maximum Gasteiger partial charge on any atom is 0.295 e. The van der Waals surface area contributed by atoms with Crippen LogP contribution in [0, 0.1) is 15.9 Å². The van der Waals surface area contributed by atoms with Crippen LogP contribution in [0.5, 0.6) is 0 Å². The molecule has 1 unspecified atom stereocenters. The van der Waals surface area contributed by atoms with Crippen LogP contribution in [-0.2, 0) is 0 Å². The van der Waals surface area contributed by atoms with Crippen molar-refractivity contribution in [2.24, 2.45) is 0 Å². The second-order valence-electron chi connectivity index (χ2n) is 4.38. The molecule has 9 heteroatoms. The van der Waals surface area contributed by atoms with Gasteiger partial charge in [0.2, 0.25) is 0 Å². The van der Waals surface area contributed by atoms with Crippen LogP contribution in [0.3, 0.4) is 0 Å². The van der Waals surface area contributed by atoms with E-state index in [4.69, 9.17) is 10.2 Å². The highest BCUT2D eigenvalue weighted by Crippen LogP contribution is 2.26. The Bertz CT molecular complexity index is 702. The summed E-state index contributed by atoms with van der Waals surface area (Å²) in [5, 5.41) is 22.8. The maximum absolute atomic E-state index is 13.3. The molecule has 0 saturated carbocycles. The Labute approximate surface area is 123 Å². The van der Waals surface area contributed by atoms with Gasteiger partial charge in [0, 0.05) is 0 Å². The average Bonchev–Trinajstić information content (AvgIpc) is 3.00.